The van der Waals surface area contributed by atoms with Crippen LogP contribution in [0.2, 0.25) is 0 Å². The van der Waals surface area contributed by atoms with Crippen LogP contribution in [0.25, 0.3) is 0 Å². The Labute approximate surface area is 92.7 Å². The van der Waals surface area contributed by atoms with Gasteiger partial charge in [0.25, 0.3) is 0 Å². The van der Waals surface area contributed by atoms with E-state index in [1.54, 1.807) is 6.07 Å². The Hall–Kier alpha value is -2.11. The summed E-state index contributed by atoms with van der Waals surface area (Å²) in [5, 5.41) is 13.8. The summed E-state index contributed by atoms with van der Waals surface area (Å²) in [6, 6.07) is 2.61. The molecule has 0 unspecified atom stereocenters. The van der Waals surface area contributed by atoms with Crippen LogP contribution in [0.4, 0.5) is 10.5 Å². The number of aromatic nitrogens is 1. The molecule has 86 valence electrons. The minimum absolute atomic E-state index is 0.172. The fourth-order valence-electron chi connectivity index (χ4n) is 1.08. The van der Waals surface area contributed by atoms with Gasteiger partial charge in [-0.25, -0.2) is 14.6 Å². The SMILES string of the molecule is CCCNC(=O)Nc1cccnc1C(=O)O. The zero-order valence-electron chi connectivity index (χ0n) is 8.86. The number of aromatic carboxylic acids is 1. The lowest BCUT2D eigenvalue weighted by Gasteiger charge is -2.08. The van der Waals surface area contributed by atoms with Crippen LogP contribution in [0.3, 0.4) is 0 Å². The van der Waals surface area contributed by atoms with E-state index in [0.717, 1.165) is 6.42 Å². The maximum Gasteiger partial charge on any atom is 0.356 e. The number of urea groups is 1. The summed E-state index contributed by atoms with van der Waals surface area (Å²) in [6.45, 7) is 2.46. The zero-order chi connectivity index (χ0) is 12.0. The third kappa shape index (κ3) is 3.23. The van der Waals surface area contributed by atoms with E-state index in [1.165, 1.54) is 12.3 Å². The Kier molecular flexibility index (Phi) is 4.26. The minimum Gasteiger partial charge on any atom is -0.476 e. The minimum atomic E-state index is -1.17. The molecule has 1 aromatic rings. The van der Waals surface area contributed by atoms with Crippen molar-refractivity contribution < 1.29 is 14.7 Å². The van der Waals surface area contributed by atoms with E-state index in [9.17, 15) is 9.59 Å². The fraction of sp³-hybridized carbons (Fsp3) is 0.300. The average Bonchev–Trinajstić information content (AvgIpc) is 2.27. The van der Waals surface area contributed by atoms with E-state index in [2.05, 4.69) is 15.6 Å². The van der Waals surface area contributed by atoms with Crippen molar-refractivity contribution in [2.24, 2.45) is 0 Å². The number of carbonyl (C=O) groups excluding carboxylic acids is 1. The summed E-state index contributed by atoms with van der Waals surface area (Å²) in [5.41, 5.74) is 0.0118. The molecule has 1 heterocycles. The first-order valence-corrected chi connectivity index (χ1v) is 4.88. The first-order valence-electron chi connectivity index (χ1n) is 4.88. The molecule has 1 aromatic heterocycles. The van der Waals surface area contributed by atoms with Crippen LogP contribution in [0.5, 0.6) is 0 Å². The van der Waals surface area contributed by atoms with Crippen molar-refractivity contribution in [3.8, 4) is 0 Å². The van der Waals surface area contributed by atoms with Gasteiger partial charge in [0.1, 0.15) is 0 Å². The number of hydrogen-bond acceptors (Lipinski definition) is 3. The molecule has 3 N–H and O–H groups in total. The molecular formula is C10H13N3O3. The lowest BCUT2D eigenvalue weighted by molar-refractivity contribution is 0.0692. The van der Waals surface area contributed by atoms with Crippen molar-refractivity contribution >= 4 is 17.7 Å². The van der Waals surface area contributed by atoms with Crippen molar-refractivity contribution in [1.29, 1.82) is 0 Å². The Morgan fingerprint density at radius 3 is 2.88 bits per heavy atom. The van der Waals surface area contributed by atoms with Gasteiger partial charge < -0.3 is 15.7 Å². The second-order valence-electron chi connectivity index (χ2n) is 3.09. The van der Waals surface area contributed by atoms with E-state index in [1.807, 2.05) is 6.92 Å². The van der Waals surface area contributed by atoms with Crippen LogP contribution in [0, 0.1) is 0 Å². The number of amides is 2. The maximum atomic E-state index is 11.3. The second-order valence-corrected chi connectivity index (χ2v) is 3.09. The molecule has 6 heteroatoms. The molecule has 0 saturated heterocycles. The third-order valence-corrected chi connectivity index (χ3v) is 1.79. The summed E-state index contributed by atoms with van der Waals surface area (Å²) in [6.07, 6.45) is 2.17. The highest BCUT2D eigenvalue weighted by Gasteiger charge is 2.12. The summed E-state index contributed by atoms with van der Waals surface area (Å²) in [4.78, 5) is 25.8. The van der Waals surface area contributed by atoms with Gasteiger partial charge in [-0.3, -0.25) is 0 Å². The summed E-state index contributed by atoms with van der Waals surface area (Å²) in [7, 11) is 0. The van der Waals surface area contributed by atoms with Gasteiger partial charge in [-0.15, -0.1) is 0 Å². The number of nitrogens with zero attached hydrogens (tertiary/aromatic N) is 1. The summed E-state index contributed by atoms with van der Waals surface area (Å²) < 4.78 is 0. The second kappa shape index (κ2) is 5.69. The standard InChI is InChI=1S/C10H13N3O3/c1-2-5-12-10(16)13-7-4-3-6-11-8(7)9(14)15/h3-4,6H,2,5H2,1H3,(H,14,15)(H2,12,13,16). The van der Waals surface area contributed by atoms with Gasteiger partial charge in [0, 0.05) is 12.7 Å². The zero-order valence-corrected chi connectivity index (χ0v) is 8.86. The Morgan fingerprint density at radius 2 is 2.25 bits per heavy atom. The van der Waals surface area contributed by atoms with Gasteiger partial charge in [-0.05, 0) is 18.6 Å². The van der Waals surface area contributed by atoms with Crippen LogP contribution in [-0.2, 0) is 0 Å². The maximum absolute atomic E-state index is 11.3. The number of carboxylic acid groups (broad SMARTS) is 1. The van der Waals surface area contributed by atoms with Gasteiger partial charge in [-0.2, -0.15) is 0 Å². The van der Waals surface area contributed by atoms with Gasteiger partial charge >= 0.3 is 12.0 Å². The average molecular weight is 223 g/mol. The highest BCUT2D eigenvalue weighted by molar-refractivity contribution is 5.98. The highest BCUT2D eigenvalue weighted by Crippen LogP contribution is 2.11. The van der Waals surface area contributed by atoms with Crippen LogP contribution >= 0.6 is 0 Å². The van der Waals surface area contributed by atoms with Crippen molar-refractivity contribution in [3.63, 3.8) is 0 Å². The van der Waals surface area contributed by atoms with Crippen molar-refractivity contribution in [3.05, 3.63) is 24.0 Å². The van der Waals surface area contributed by atoms with Crippen molar-refractivity contribution in [1.82, 2.24) is 10.3 Å². The Balaban J connectivity index is 2.73. The van der Waals surface area contributed by atoms with E-state index < -0.39 is 12.0 Å². The predicted molar refractivity (Wildman–Crippen MR) is 58.5 cm³/mol. The molecule has 0 fully saturated rings. The number of hydrogen-bond donors (Lipinski definition) is 3. The van der Waals surface area contributed by atoms with Crippen LogP contribution in [0.1, 0.15) is 23.8 Å². The molecule has 0 saturated carbocycles. The van der Waals surface area contributed by atoms with Gasteiger partial charge in [0.05, 0.1) is 5.69 Å². The van der Waals surface area contributed by atoms with Crippen LogP contribution < -0.4 is 10.6 Å². The largest absolute Gasteiger partial charge is 0.476 e. The highest BCUT2D eigenvalue weighted by atomic mass is 16.4. The summed E-state index contributed by atoms with van der Waals surface area (Å²) in [5.74, 6) is -1.17. The molecule has 0 aliphatic carbocycles. The molecular weight excluding hydrogens is 210 g/mol. The smallest absolute Gasteiger partial charge is 0.356 e. The first kappa shape index (κ1) is 12.0. The van der Waals surface area contributed by atoms with E-state index in [0.29, 0.717) is 6.54 Å². The van der Waals surface area contributed by atoms with E-state index >= 15 is 0 Å². The van der Waals surface area contributed by atoms with Crippen LogP contribution in [-0.4, -0.2) is 28.6 Å². The normalized spacial score (nSPS) is 9.56. The van der Waals surface area contributed by atoms with E-state index in [4.69, 9.17) is 5.11 Å². The number of carbonyl (C=O) groups is 2. The molecule has 0 aromatic carbocycles. The quantitative estimate of drug-likeness (QED) is 0.717. The molecule has 0 aliphatic rings. The molecule has 6 nitrogen and oxygen atoms in total. The molecule has 1 rings (SSSR count). The molecule has 0 radical (unpaired) electrons. The van der Waals surface area contributed by atoms with Crippen molar-refractivity contribution in [2.75, 3.05) is 11.9 Å². The molecule has 0 bridgehead atoms. The van der Waals surface area contributed by atoms with Gasteiger partial charge in [-0.1, -0.05) is 6.92 Å². The lowest BCUT2D eigenvalue weighted by Crippen LogP contribution is -2.30. The summed E-state index contributed by atoms with van der Waals surface area (Å²) >= 11 is 0. The third-order valence-electron chi connectivity index (χ3n) is 1.79. The molecule has 2 amide bonds. The molecule has 0 aliphatic heterocycles. The lowest BCUT2D eigenvalue weighted by atomic mass is 10.3. The topological polar surface area (TPSA) is 91.3 Å². The monoisotopic (exact) mass is 223 g/mol. The Bertz CT molecular complexity index is 393. The van der Waals surface area contributed by atoms with E-state index in [-0.39, 0.29) is 11.4 Å². The number of rotatable bonds is 4. The first-order chi connectivity index (χ1) is 7.65. The number of anilines is 1. The Morgan fingerprint density at radius 1 is 1.50 bits per heavy atom. The molecule has 16 heavy (non-hydrogen) atoms. The number of carboxylic acids is 1. The van der Waals surface area contributed by atoms with Gasteiger partial charge in [0.2, 0.25) is 0 Å². The molecule has 0 atom stereocenters. The fourth-order valence-corrected chi connectivity index (χ4v) is 1.08. The number of nitrogens with one attached hydrogen (secondary N) is 2. The molecule has 0 spiro atoms. The van der Waals surface area contributed by atoms with Crippen LogP contribution in [0.15, 0.2) is 18.3 Å². The number of pyridine rings is 1. The van der Waals surface area contributed by atoms with Crippen molar-refractivity contribution in [2.45, 2.75) is 13.3 Å². The predicted octanol–water partition coefficient (Wildman–Crippen LogP) is 1.31. The van der Waals surface area contributed by atoms with Gasteiger partial charge in [0.15, 0.2) is 5.69 Å².